The van der Waals surface area contributed by atoms with E-state index in [1.165, 1.54) is 17.8 Å². The molecule has 0 radical (unpaired) electrons. The summed E-state index contributed by atoms with van der Waals surface area (Å²) in [6.45, 7) is 2.66. The van der Waals surface area contributed by atoms with Crippen molar-refractivity contribution in [2.24, 2.45) is 0 Å². The lowest BCUT2D eigenvalue weighted by molar-refractivity contribution is 0.102. The molecule has 0 aromatic heterocycles. The first kappa shape index (κ1) is 17.6. The predicted molar refractivity (Wildman–Crippen MR) is 90.2 cm³/mol. The van der Waals surface area contributed by atoms with Gasteiger partial charge in [0.15, 0.2) is 17.5 Å². The van der Waals surface area contributed by atoms with Crippen molar-refractivity contribution in [3.05, 3.63) is 53.3 Å². The van der Waals surface area contributed by atoms with Crippen molar-refractivity contribution >= 4 is 29.0 Å². The number of rotatable bonds is 5. The van der Waals surface area contributed by atoms with E-state index in [1.54, 1.807) is 12.1 Å². The molecule has 0 saturated carbocycles. The highest BCUT2D eigenvalue weighted by Crippen LogP contribution is 2.35. The number of nitrogens with one attached hydrogen (secondary N) is 1. The van der Waals surface area contributed by atoms with Crippen LogP contribution in [0.4, 0.5) is 24.5 Å². The molecule has 0 bridgehead atoms. The summed E-state index contributed by atoms with van der Waals surface area (Å²) in [5, 5.41) is 2.34. The van der Waals surface area contributed by atoms with Gasteiger partial charge in [-0.05, 0) is 25.1 Å². The highest BCUT2D eigenvalue weighted by atomic mass is 32.2. The van der Waals surface area contributed by atoms with Gasteiger partial charge in [-0.2, -0.15) is 0 Å². The fraction of sp³-hybridized carbons (Fsp3) is 0.235. The molecule has 3 rings (SSSR count). The molecule has 132 valence electrons. The minimum absolute atomic E-state index is 0.168. The van der Waals surface area contributed by atoms with Crippen LogP contribution in [0.1, 0.15) is 17.3 Å². The third-order valence-electron chi connectivity index (χ3n) is 3.69. The molecule has 1 heterocycles. The number of halogens is 3. The van der Waals surface area contributed by atoms with Gasteiger partial charge in [0.2, 0.25) is 0 Å². The molecule has 0 spiro atoms. The standard InChI is InChI=1S/C17H15F3N2O2S/c1-17(7-24-17)8-25-14-4-9(2-3-13(14)21)16(23)22-10-5-11(18)15(20)12(19)6-10/h2-6H,7-8,21H2,1H3,(H,22,23)/t17-/m1/s1. The number of amides is 1. The van der Waals surface area contributed by atoms with E-state index in [9.17, 15) is 18.0 Å². The minimum Gasteiger partial charge on any atom is -0.398 e. The zero-order chi connectivity index (χ0) is 18.2. The van der Waals surface area contributed by atoms with Crippen molar-refractivity contribution in [3.8, 4) is 0 Å². The maximum absolute atomic E-state index is 13.2. The van der Waals surface area contributed by atoms with Crippen molar-refractivity contribution in [2.75, 3.05) is 23.4 Å². The van der Waals surface area contributed by atoms with Gasteiger partial charge in [0.05, 0.1) is 12.2 Å². The summed E-state index contributed by atoms with van der Waals surface area (Å²) in [7, 11) is 0. The van der Waals surface area contributed by atoms with E-state index in [-0.39, 0.29) is 16.9 Å². The molecule has 3 N–H and O–H groups in total. The normalized spacial score (nSPS) is 18.9. The predicted octanol–water partition coefficient (Wildman–Crippen LogP) is 3.82. The van der Waals surface area contributed by atoms with Gasteiger partial charge in [-0.25, -0.2) is 13.2 Å². The molecule has 8 heteroatoms. The summed E-state index contributed by atoms with van der Waals surface area (Å²) in [6, 6.07) is 6.11. The minimum atomic E-state index is -1.58. The van der Waals surface area contributed by atoms with Gasteiger partial charge in [0, 0.05) is 39.7 Å². The average molecular weight is 368 g/mol. The molecule has 1 amide bonds. The van der Waals surface area contributed by atoms with Crippen LogP contribution in [0.3, 0.4) is 0 Å². The lowest BCUT2D eigenvalue weighted by Gasteiger charge is -2.11. The van der Waals surface area contributed by atoms with E-state index in [2.05, 4.69) is 5.32 Å². The van der Waals surface area contributed by atoms with Gasteiger partial charge in [-0.3, -0.25) is 4.79 Å². The highest BCUT2D eigenvalue weighted by Gasteiger charge is 2.39. The highest BCUT2D eigenvalue weighted by molar-refractivity contribution is 7.99. The molecule has 1 fully saturated rings. The van der Waals surface area contributed by atoms with E-state index in [0.717, 1.165) is 0 Å². The third-order valence-corrected chi connectivity index (χ3v) is 5.11. The molecule has 2 aromatic carbocycles. The Hall–Kier alpha value is -2.19. The van der Waals surface area contributed by atoms with Crippen LogP contribution in [0.2, 0.25) is 0 Å². The number of anilines is 2. The number of carbonyl (C=O) groups is 1. The Kier molecular flexibility index (Phi) is 4.66. The van der Waals surface area contributed by atoms with Crippen LogP contribution < -0.4 is 11.1 Å². The largest absolute Gasteiger partial charge is 0.398 e. The number of hydrogen-bond acceptors (Lipinski definition) is 4. The molecule has 0 unspecified atom stereocenters. The Labute approximate surface area is 146 Å². The Morgan fingerprint density at radius 3 is 2.52 bits per heavy atom. The van der Waals surface area contributed by atoms with Crippen molar-refractivity contribution < 1.29 is 22.7 Å². The molecule has 2 aromatic rings. The van der Waals surface area contributed by atoms with Gasteiger partial charge in [-0.1, -0.05) is 0 Å². The van der Waals surface area contributed by atoms with Crippen LogP contribution in [0.25, 0.3) is 0 Å². The van der Waals surface area contributed by atoms with Gasteiger partial charge in [-0.15, -0.1) is 11.8 Å². The summed E-state index contributed by atoms with van der Waals surface area (Å²) in [6.07, 6.45) is 0. The van der Waals surface area contributed by atoms with Gasteiger partial charge in [0.25, 0.3) is 5.91 Å². The lowest BCUT2D eigenvalue weighted by Crippen LogP contribution is -2.13. The number of carbonyl (C=O) groups excluding carboxylic acids is 1. The molecule has 4 nitrogen and oxygen atoms in total. The summed E-state index contributed by atoms with van der Waals surface area (Å²) >= 11 is 1.46. The fourth-order valence-electron chi connectivity index (χ4n) is 2.07. The van der Waals surface area contributed by atoms with Crippen molar-refractivity contribution in [3.63, 3.8) is 0 Å². The first-order chi connectivity index (χ1) is 11.8. The lowest BCUT2D eigenvalue weighted by atomic mass is 10.2. The van der Waals surface area contributed by atoms with Gasteiger partial charge >= 0.3 is 0 Å². The van der Waals surface area contributed by atoms with Gasteiger partial charge < -0.3 is 15.8 Å². The Bertz CT molecular complexity index is 818. The average Bonchev–Trinajstić information content (AvgIpc) is 3.29. The maximum atomic E-state index is 13.2. The molecule has 1 aliphatic heterocycles. The quantitative estimate of drug-likeness (QED) is 0.364. The zero-order valence-corrected chi connectivity index (χ0v) is 14.1. The monoisotopic (exact) mass is 368 g/mol. The molecular formula is C17H15F3N2O2S. The zero-order valence-electron chi connectivity index (χ0n) is 13.2. The summed E-state index contributed by atoms with van der Waals surface area (Å²) < 4.78 is 44.7. The number of benzene rings is 2. The summed E-state index contributed by atoms with van der Waals surface area (Å²) in [5.74, 6) is -4.22. The second kappa shape index (κ2) is 6.61. The molecule has 1 aliphatic rings. The van der Waals surface area contributed by atoms with Crippen LogP contribution in [-0.2, 0) is 4.74 Å². The van der Waals surface area contributed by atoms with E-state index in [1.807, 2.05) is 6.92 Å². The molecular weight excluding hydrogens is 353 g/mol. The maximum Gasteiger partial charge on any atom is 0.255 e. The van der Waals surface area contributed by atoms with Gasteiger partial charge in [0.1, 0.15) is 0 Å². The van der Waals surface area contributed by atoms with Crippen molar-refractivity contribution in [1.29, 1.82) is 0 Å². The van der Waals surface area contributed by atoms with Crippen LogP contribution in [0, 0.1) is 17.5 Å². The number of hydrogen-bond donors (Lipinski definition) is 2. The van der Waals surface area contributed by atoms with Crippen LogP contribution >= 0.6 is 11.8 Å². The first-order valence-corrected chi connectivity index (χ1v) is 8.38. The van der Waals surface area contributed by atoms with E-state index in [0.29, 0.717) is 35.1 Å². The molecule has 1 saturated heterocycles. The van der Waals surface area contributed by atoms with Crippen molar-refractivity contribution in [1.82, 2.24) is 0 Å². The summed E-state index contributed by atoms with van der Waals surface area (Å²) in [4.78, 5) is 13.0. The van der Waals surface area contributed by atoms with E-state index in [4.69, 9.17) is 10.5 Å². The smallest absolute Gasteiger partial charge is 0.255 e. The Morgan fingerprint density at radius 1 is 1.28 bits per heavy atom. The topological polar surface area (TPSA) is 67.7 Å². The summed E-state index contributed by atoms with van der Waals surface area (Å²) in [5.41, 5.74) is 6.36. The molecule has 0 aliphatic carbocycles. The second-order valence-electron chi connectivity index (χ2n) is 5.99. The number of ether oxygens (including phenoxy) is 1. The fourth-order valence-corrected chi connectivity index (χ4v) is 3.14. The number of nitrogens with two attached hydrogens (primary N) is 1. The van der Waals surface area contributed by atoms with Crippen LogP contribution in [0.5, 0.6) is 0 Å². The van der Waals surface area contributed by atoms with E-state index >= 15 is 0 Å². The second-order valence-corrected chi connectivity index (χ2v) is 7.01. The Morgan fingerprint density at radius 2 is 1.92 bits per heavy atom. The third kappa shape index (κ3) is 4.08. The number of epoxide rings is 1. The van der Waals surface area contributed by atoms with Crippen molar-refractivity contribution in [2.45, 2.75) is 17.4 Å². The van der Waals surface area contributed by atoms with E-state index < -0.39 is 23.4 Å². The molecule has 25 heavy (non-hydrogen) atoms. The SMILES string of the molecule is C[C@]1(CSc2cc(C(=O)Nc3cc(F)c(F)c(F)c3)ccc2N)CO1. The molecule has 1 atom stereocenters. The van der Waals surface area contributed by atoms with Crippen LogP contribution in [-0.4, -0.2) is 23.9 Å². The van der Waals surface area contributed by atoms with Crippen LogP contribution in [0.15, 0.2) is 35.2 Å². The number of thioether (sulfide) groups is 1. The number of nitrogen functional groups attached to an aromatic ring is 1. The Balaban J connectivity index is 1.75. The first-order valence-electron chi connectivity index (χ1n) is 7.40.